The number of benzene rings is 1. The van der Waals surface area contributed by atoms with E-state index in [1.165, 1.54) is 19.1 Å². The zero-order valence-electron chi connectivity index (χ0n) is 8.46. The molecule has 0 unspecified atom stereocenters. The Morgan fingerprint density at radius 3 is 3.00 bits per heavy atom. The van der Waals surface area contributed by atoms with Gasteiger partial charge in [0.25, 0.3) is 0 Å². The average Bonchev–Trinajstić information content (AvgIpc) is 2.17. The molecule has 1 aromatic rings. The van der Waals surface area contributed by atoms with Gasteiger partial charge in [-0.15, -0.1) is 0 Å². The highest BCUT2D eigenvalue weighted by Crippen LogP contribution is 2.13. The van der Waals surface area contributed by atoms with E-state index in [0.29, 0.717) is 17.8 Å². The molecule has 0 radical (unpaired) electrons. The number of carbonyl (C=O) groups is 1. The number of rotatable bonds is 3. The van der Waals surface area contributed by atoms with Crippen LogP contribution in [0.3, 0.4) is 0 Å². The molecule has 80 valence electrons. The first-order valence-corrected chi connectivity index (χ1v) is 4.55. The maximum atomic E-state index is 13.2. The van der Waals surface area contributed by atoms with Crippen LogP contribution in [0.2, 0.25) is 0 Å². The Morgan fingerprint density at radius 2 is 2.33 bits per heavy atom. The maximum absolute atomic E-state index is 13.2. The predicted octanol–water partition coefficient (Wildman–Crippen LogP) is 1.56. The third kappa shape index (κ3) is 3.81. The maximum Gasteiger partial charge on any atom is 0.217 e. The minimum atomic E-state index is -0.330. The average molecular weight is 208 g/mol. The van der Waals surface area contributed by atoms with Crippen molar-refractivity contribution in [3.05, 3.63) is 35.7 Å². The van der Waals surface area contributed by atoms with Crippen LogP contribution in [0, 0.1) is 5.82 Å². The van der Waals surface area contributed by atoms with Crippen molar-refractivity contribution in [3.63, 3.8) is 0 Å². The van der Waals surface area contributed by atoms with E-state index in [9.17, 15) is 9.18 Å². The van der Waals surface area contributed by atoms with Crippen LogP contribution in [0.15, 0.2) is 24.3 Å². The van der Waals surface area contributed by atoms with Gasteiger partial charge in [-0.1, -0.05) is 12.2 Å². The van der Waals surface area contributed by atoms with Gasteiger partial charge in [0.2, 0.25) is 5.91 Å². The summed E-state index contributed by atoms with van der Waals surface area (Å²) in [5.41, 5.74) is 6.44. The van der Waals surface area contributed by atoms with Crippen molar-refractivity contribution < 1.29 is 9.18 Å². The molecule has 0 aliphatic heterocycles. The van der Waals surface area contributed by atoms with Crippen molar-refractivity contribution in [2.24, 2.45) is 0 Å². The molecule has 1 aromatic carbocycles. The molecule has 0 atom stereocenters. The molecular formula is C11H13FN2O. The summed E-state index contributed by atoms with van der Waals surface area (Å²) in [6.07, 6.45) is 3.25. The van der Waals surface area contributed by atoms with Crippen molar-refractivity contribution in [1.82, 2.24) is 5.32 Å². The number of amides is 1. The van der Waals surface area contributed by atoms with E-state index in [-0.39, 0.29) is 11.7 Å². The third-order valence-corrected chi connectivity index (χ3v) is 1.79. The van der Waals surface area contributed by atoms with Crippen LogP contribution in [0.25, 0.3) is 6.08 Å². The highest BCUT2D eigenvalue weighted by atomic mass is 19.1. The minimum Gasteiger partial charge on any atom is -0.399 e. The highest BCUT2D eigenvalue weighted by Gasteiger charge is 1.97. The van der Waals surface area contributed by atoms with Gasteiger partial charge in [-0.2, -0.15) is 0 Å². The Balaban J connectivity index is 2.63. The lowest BCUT2D eigenvalue weighted by Crippen LogP contribution is -2.19. The van der Waals surface area contributed by atoms with Crippen molar-refractivity contribution in [2.75, 3.05) is 12.3 Å². The Labute approximate surface area is 87.8 Å². The van der Waals surface area contributed by atoms with Crippen LogP contribution >= 0.6 is 0 Å². The van der Waals surface area contributed by atoms with E-state index in [1.807, 2.05) is 0 Å². The number of hydrogen-bond donors (Lipinski definition) is 2. The lowest BCUT2D eigenvalue weighted by atomic mass is 10.2. The number of anilines is 1. The van der Waals surface area contributed by atoms with Crippen molar-refractivity contribution >= 4 is 17.7 Å². The summed E-state index contributed by atoms with van der Waals surface area (Å²) in [6, 6.07) is 4.35. The monoisotopic (exact) mass is 208 g/mol. The summed E-state index contributed by atoms with van der Waals surface area (Å²) in [4.78, 5) is 10.5. The molecule has 0 fully saturated rings. The van der Waals surface area contributed by atoms with E-state index < -0.39 is 0 Å². The molecule has 4 heteroatoms. The topological polar surface area (TPSA) is 55.1 Å². The van der Waals surface area contributed by atoms with Gasteiger partial charge in [0, 0.05) is 24.7 Å². The van der Waals surface area contributed by atoms with Crippen LogP contribution < -0.4 is 11.1 Å². The second-order valence-corrected chi connectivity index (χ2v) is 3.12. The molecule has 15 heavy (non-hydrogen) atoms. The number of nitrogens with two attached hydrogens (primary N) is 1. The molecule has 0 aromatic heterocycles. The van der Waals surface area contributed by atoms with Crippen LogP contribution in [-0.4, -0.2) is 12.5 Å². The number of carbonyl (C=O) groups excluding carboxylic acids is 1. The summed E-state index contributed by atoms with van der Waals surface area (Å²) in [6.45, 7) is 1.80. The molecule has 0 spiro atoms. The summed E-state index contributed by atoms with van der Waals surface area (Å²) in [7, 11) is 0. The first-order valence-electron chi connectivity index (χ1n) is 4.55. The lowest BCUT2D eigenvalue weighted by Gasteiger charge is -1.99. The summed E-state index contributed by atoms with van der Waals surface area (Å²) in [5, 5.41) is 2.57. The molecule has 0 aliphatic carbocycles. The number of halogens is 1. The van der Waals surface area contributed by atoms with Crippen molar-refractivity contribution in [2.45, 2.75) is 6.92 Å². The SMILES string of the molecule is CC(=O)NCC=Cc1cc(N)ccc1F. The second kappa shape index (κ2) is 5.14. The lowest BCUT2D eigenvalue weighted by molar-refractivity contribution is -0.118. The van der Waals surface area contributed by atoms with Crippen LogP contribution in [-0.2, 0) is 4.79 Å². The van der Waals surface area contributed by atoms with Crippen LogP contribution in [0.5, 0.6) is 0 Å². The van der Waals surface area contributed by atoms with Crippen molar-refractivity contribution in [3.8, 4) is 0 Å². The van der Waals surface area contributed by atoms with E-state index >= 15 is 0 Å². The predicted molar refractivity (Wildman–Crippen MR) is 58.5 cm³/mol. The van der Waals surface area contributed by atoms with E-state index in [2.05, 4.69) is 5.32 Å². The van der Waals surface area contributed by atoms with Gasteiger partial charge in [0.1, 0.15) is 5.82 Å². The van der Waals surface area contributed by atoms with Crippen molar-refractivity contribution in [1.29, 1.82) is 0 Å². The fourth-order valence-corrected chi connectivity index (χ4v) is 1.08. The molecule has 0 bridgehead atoms. The molecule has 3 N–H and O–H groups in total. The van der Waals surface area contributed by atoms with E-state index in [4.69, 9.17) is 5.73 Å². The zero-order valence-corrected chi connectivity index (χ0v) is 8.46. The van der Waals surface area contributed by atoms with Gasteiger partial charge in [-0.25, -0.2) is 4.39 Å². The molecule has 1 rings (SSSR count). The zero-order chi connectivity index (χ0) is 11.3. The largest absolute Gasteiger partial charge is 0.399 e. The fourth-order valence-electron chi connectivity index (χ4n) is 1.08. The van der Waals surface area contributed by atoms with Gasteiger partial charge in [0.05, 0.1) is 0 Å². The Kier molecular flexibility index (Phi) is 3.85. The Morgan fingerprint density at radius 1 is 1.60 bits per heavy atom. The summed E-state index contributed by atoms with van der Waals surface area (Å²) >= 11 is 0. The molecule has 0 saturated heterocycles. The Bertz CT molecular complexity index is 388. The van der Waals surface area contributed by atoms with Crippen LogP contribution in [0.1, 0.15) is 12.5 Å². The molecule has 1 amide bonds. The third-order valence-electron chi connectivity index (χ3n) is 1.79. The van der Waals surface area contributed by atoms with Gasteiger partial charge in [-0.05, 0) is 18.2 Å². The number of hydrogen-bond acceptors (Lipinski definition) is 2. The highest BCUT2D eigenvalue weighted by molar-refractivity contribution is 5.73. The first kappa shape index (κ1) is 11.2. The Hall–Kier alpha value is -1.84. The first-order chi connectivity index (χ1) is 7.09. The molecule has 0 saturated carbocycles. The van der Waals surface area contributed by atoms with E-state index in [1.54, 1.807) is 18.2 Å². The van der Waals surface area contributed by atoms with Gasteiger partial charge >= 0.3 is 0 Å². The summed E-state index contributed by atoms with van der Waals surface area (Å²) < 4.78 is 13.2. The van der Waals surface area contributed by atoms with Gasteiger partial charge in [-0.3, -0.25) is 4.79 Å². The van der Waals surface area contributed by atoms with Crippen LogP contribution in [0.4, 0.5) is 10.1 Å². The fraction of sp³-hybridized carbons (Fsp3) is 0.182. The molecule has 3 nitrogen and oxygen atoms in total. The molecular weight excluding hydrogens is 195 g/mol. The molecule has 0 heterocycles. The minimum absolute atomic E-state index is 0.118. The standard InChI is InChI=1S/C11H13FN2O/c1-8(15)14-6-2-3-9-7-10(13)4-5-11(9)12/h2-5,7H,6,13H2,1H3,(H,14,15). The quantitative estimate of drug-likeness (QED) is 0.740. The second-order valence-electron chi connectivity index (χ2n) is 3.12. The van der Waals surface area contributed by atoms with Gasteiger partial charge in [0.15, 0.2) is 0 Å². The number of nitrogens with one attached hydrogen (secondary N) is 1. The number of nitrogen functional groups attached to an aromatic ring is 1. The summed E-state index contributed by atoms with van der Waals surface area (Å²) in [5.74, 6) is -0.448. The van der Waals surface area contributed by atoms with E-state index in [0.717, 1.165) is 0 Å². The molecule has 0 aliphatic rings. The normalized spacial score (nSPS) is 10.5. The smallest absolute Gasteiger partial charge is 0.217 e. The van der Waals surface area contributed by atoms with Gasteiger partial charge < -0.3 is 11.1 Å².